The lowest BCUT2D eigenvalue weighted by atomic mass is 10.1. The Balaban J connectivity index is 2.23. The zero-order valence-corrected chi connectivity index (χ0v) is 10.3. The molecule has 0 radical (unpaired) electrons. The topological polar surface area (TPSA) is 63.4 Å². The van der Waals surface area contributed by atoms with Crippen molar-refractivity contribution in [3.63, 3.8) is 0 Å². The molecule has 0 aromatic heterocycles. The standard InChI is InChI=1S/C11H18N2O2S/c1-13(16(12,14)15)10-6-5-9-11-7-3-2-4-8-11/h2-4,7-8H,5-6,9-10H2,1H3,(H2,12,14,15). The molecule has 0 aliphatic carbocycles. The molecule has 0 saturated heterocycles. The smallest absolute Gasteiger partial charge is 0.216 e. The van der Waals surface area contributed by atoms with Crippen molar-refractivity contribution in [2.24, 2.45) is 5.14 Å². The summed E-state index contributed by atoms with van der Waals surface area (Å²) in [7, 11) is -2.02. The van der Waals surface area contributed by atoms with Gasteiger partial charge in [0.2, 0.25) is 0 Å². The van der Waals surface area contributed by atoms with Gasteiger partial charge in [-0.25, -0.2) is 5.14 Å². The molecule has 1 rings (SSSR count). The average Bonchev–Trinajstić information content (AvgIpc) is 2.24. The highest BCUT2D eigenvalue weighted by Gasteiger charge is 2.09. The molecule has 0 unspecified atom stereocenters. The molecule has 1 aromatic carbocycles. The predicted octanol–water partition coefficient (Wildman–Crippen LogP) is 1.14. The Morgan fingerprint density at radius 1 is 1.19 bits per heavy atom. The molecule has 16 heavy (non-hydrogen) atoms. The molecule has 0 saturated carbocycles. The number of rotatable bonds is 6. The largest absolute Gasteiger partial charge is 0.276 e. The van der Waals surface area contributed by atoms with Crippen LogP contribution in [0, 0.1) is 0 Å². The molecular formula is C11H18N2O2S. The highest BCUT2D eigenvalue weighted by Crippen LogP contribution is 2.05. The molecule has 0 spiro atoms. The van der Waals surface area contributed by atoms with E-state index in [1.165, 1.54) is 16.9 Å². The first kappa shape index (κ1) is 13.2. The molecule has 4 nitrogen and oxygen atoms in total. The van der Waals surface area contributed by atoms with Crippen molar-refractivity contribution < 1.29 is 8.42 Å². The maximum absolute atomic E-state index is 10.9. The van der Waals surface area contributed by atoms with Gasteiger partial charge in [0.25, 0.3) is 10.2 Å². The van der Waals surface area contributed by atoms with Crippen LogP contribution in [0.2, 0.25) is 0 Å². The first-order valence-electron chi connectivity index (χ1n) is 5.28. The molecule has 0 heterocycles. The van der Waals surface area contributed by atoms with Crippen molar-refractivity contribution >= 4 is 10.2 Å². The molecule has 0 atom stereocenters. The number of hydrogen-bond acceptors (Lipinski definition) is 2. The van der Waals surface area contributed by atoms with E-state index in [1.807, 2.05) is 18.2 Å². The quantitative estimate of drug-likeness (QED) is 0.760. The maximum Gasteiger partial charge on any atom is 0.276 e. The molecule has 0 fully saturated rings. The van der Waals surface area contributed by atoms with Gasteiger partial charge in [-0.15, -0.1) is 0 Å². The number of nitrogens with zero attached hydrogens (tertiary/aromatic N) is 1. The molecule has 1 aromatic rings. The summed E-state index contributed by atoms with van der Waals surface area (Å²) in [5.41, 5.74) is 1.28. The molecule has 0 amide bonds. The highest BCUT2D eigenvalue weighted by atomic mass is 32.2. The van der Waals surface area contributed by atoms with Crippen molar-refractivity contribution in [3.8, 4) is 0 Å². The summed E-state index contributed by atoms with van der Waals surface area (Å²) < 4.78 is 23.0. The summed E-state index contributed by atoms with van der Waals surface area (Å²) in [5, 5.41) is 4.97. The van der Waals surface area contributed by atoms with E-state index in [2.05, 4.69) is 12.1 Å². The van der Waals surface area contributed by atoms with Gasteiger partial charge in [-0.2, -0.15) is 12.7 Å². The van der Waals surface area contributed by atoms with Gasteiger partial charge in [0.05, 0.1) is 0 Å². The van der Waals surface area contributed by atoms with Crippen LogP contribution < -0.4 is 5.14 Å². The fourth-order valence-corrected chi connectivity index (χ4v) is 1.82. The van der Waals surface area contributed by atoms with Crippen LogP contribution in [0.15, 0.2) is 30.3 Å². The summed E-state index contributed by atoms with van der Waals surface area (Å²) in [4.78, 5) is 0. The molecular weight excluding hydrogens is 224 g/mol. The third kappa shape index (κ3) is 4.74. The molecule has 0 aliphatic rings. The maximum atomic E-state index is 10.9. The van der Waals surface area contributed by atoms with E-state index >= 15 is 0 Å². The van der Waals surface area contributed by atoms with Crippen LogP contribution in [0.1, 0.15) is 18.4 Å². The Bertz CT molecular complexity index is 403. The number of aryl methyl sites for hydroxylation is 1. The van der Waals surface area contributed by atoms with Gasteiger partial charge in [0.1, 0.15) is 0 Å². The second-order valence-electron chi connectivity index (χ2n) is 3.81. The normalized spacial score (nSPS) is 11.9. The molecule has 0 bridgehead atoms. The van der Waals surface area contributed by atoms with Crippen LogP contribution in [0.5, 0.6) is 0 Å². The van der Waals surface area contributed by atoms with E-state index < -0.39 is 10.2 Å². The lowest BCUT2D eigenvalue weighted by molar-refractivity contribution is 0.456. The summed E-state index contributed by atoms with van der Waals surface area (Å²) in [5.74, 6) is 0. The third-order valence-corrected chi connectivity index (χ3v) is 3.52. The third-order valence-electron chi connectivity index (χ3n) is 2.47. The minimum atomic E-state index is -3.51. The molecule has 90 valence electrons. The number of hydrogen-bond donors (Lipinski definition) is 1. The molecule has 5 heteroatoms. The van der Waals surface area contributed by atoms with Gasteiger partial charge in [-0.1, -0.05) is 30.3 Å². The SMILES string of the molecule is CN(CCCCc1ccccc1)S(N)(=O)=O. The van der Waals surface area contributed by atoms with E-state index in [4.69, 9.17) is 5.14 Å². The van der Waals surface area contributed by atoms with Crippen molar-refractivity contribution in [1.82, 2.24) is 4.31 Å². The van der Waals surface area contributed by atoms with Crippen molar-refractivity contribution in [1.29, 1.82) is 0 Å². The summed E-state index contributed by atoms with van der Waals surface area (Å²) in [6.45, 7) is 0.478. The van der Waals surface area contributed by atoms with Crippen LogP contribution in [0.4, 0.5) is 0 Å². The van der Waals surface area contributed by atoms with E-state index in [1.54, 1.807) is 0 Å². The van der Waals surface area contributed by atoms with Crippen LogP contribution in [0.25, 0.3) is 0 Å². The van der Waals surface area contributed by atoms with Crippen LogP contribution in [0.3, 0.4) is 0 Å². The van der Waals surface area contributed by atoms with Crippen LogP contribution >= 0.6 is 0 Å². The number of benzene rings is 1. The Morgan fingerprint density at radius 3 is 2.38 bits per heavy atom. The average molecular weight is 242 g/mol. The summed E-state index contributed by atoms with van der Waals surface area (Å²) >= 11 is 0. The summed E-state index contributed by atoms with van der Waals surface area (Å²) in [6, 6.07) is 10.1. The van der Waals surface area contributed by atoms with Gasteiger partial charge in [-0.05, 0) is 24.8 Å². The van der Waals surface area contributed by atoms with Gasteiger partial charge in [0, 0.05) is 13.6 Å². The lowest BCUT2D eigenvalue weighted by Crippen LogP contribution is -2.33. The minimum Gasteiger partial charge on any atom is -0.216 e. The number of nitrogens with two attached hydrogens (primary N) is 1. The zero-order valence-electron chi connectivity index (χ0n) is 9.46. The second-order valence-corrected chi connectivity index (χ2v) is 5.46. The number of unbranched alkanes of at least 4 members (excludes halogenated alkanes) is 1. The van der Waals surface area contributed by atoms with Crippen molar-refractivity contribution in [2.75, 3.05) is 13.6 Å². The van der Waals surface area contributed by atoms with Crippen LogP contribution in [-0.4, -0.2) is 26.3 Å². The van der Waals surface area contributed by atoms with Gasteiger partial charge >= 0.3 is 0 Å². The fourth-order valence-electron chi connectivity index (χ4n) is 1.44. The lowest BCUT2D eigenvalue weighted by Gasteiger charge is -2.12. The molecule has 0 aliphatic heterocycles. The molecule has 2 N–H and O–H groups in total. The van der Waals surface area contributed by atoms with Gasteiger partial charge in [0.15, 0.2) is 0 Å². The Morgan fingerprint density at radius 2 is 1.81 bits per heavy atom. The van der Waals surface area contributed by atoms with Gasteiger partial charge in [-0.3, -0.25) is 0 Å². The second kappa shape index (κ2) is 5.98. The van der Waals surface area contributed by atoms with Crippen molar-refractivity contribution in [3.05, 3.63) is 35.9 Å². The first-order valence-corrected chi connectivity index (χ1v) is 6.78. The Labute approximate surface area is 97.3 Å². The van der Waals surface area contributed by atoms with Gasteiger partial charge < -0.3 is 0 Å². The van der Waals surface area contributed by atoms with Crippen LogP contribution in [-0.2, 0) is 16.6 Å². The van der Waals surface area contributed by atoms with E-state index in [0.717, 1.165) is 19.3 Å². The predicted molar refractivity (Wildman–Crippen MR) is 65.1 cm³/mol. The monoisotopic (exact) mass is 242 g/mol. The Hall–Kier alpha value is -0.910. The van der Waals surface area contributed by atoms with E-state index in [-0.39, 0.29) is 0 Å². The van der Waals surface area contributed by atoms with E-state index in [9.17, 15) is 8.42 Å². The zero-order chi connectivity index (χ0) is 12.0. The minimum absolute atomic E-state index is 0.478. The first-order chi connectivity index (χ1) is 7.50. The van der Waals surface area contributed by atoms with Crippen molar-refractivity contribution in [2.45, 2.75) is 19.3 Å². The Kier molecular flexibility index (Phi) is 4.92. The summed E-state index contributed by atoms with van der Waals surface area (Å²) in [6.07, 6.45) is 2.75. The fraction of sp³-hybridized carbons (Fsp3) is 0.455. The highest BCUT2D eigenvalue weighted by molar-refractivity contribution is 7.86. The van der Waals surface area contributed by atoms with E-state index in [0.29, 0.717) is 6.54 Å².